The van der Waals surface area contributed by atoms with E-state index in [1.165, 1.54) is 7.05 Å². The van der Waals surface area contributed by atoms with E-state index in [4.69, 9.17) is 4.52 Å². The van der Waals surface area contributed by atoms with Crippen molar-refractivity contribution < 1.29 is 17.9 Å². The molecular formula is C9H11N5O5S2. The first kappa shape index (κ1) is 15.3. The minimum absolute atomic E-state index is 0.107. The Balaban J connectivity index is 2.21. The molecule has 0 fully saturated rings. The molecule has 0 saturated carbocycles. The monoisotopic (exact) mass is 333 g/mol. The number of sulfonamides is 1. The zero-order chi connectivity index (χ0) is 15.6. The van der Waals surface area contributed by atoms with E-state index in [9.17, 15) is 18.5 Å². The van der Waals surface area contributed by atoms with Gasteiger partial charge in [-0.05, 0) is 6.92 Å². The third-order valence-corrected chi connectivity index (χ3v) is 5.38. The maximum atomic E-state index is 12.1. The van der Waals surface area contributed by atoms with Gasteiger partial charge in [0.15, 0.2) is 10.8 Å². The van der Waals surface area contributed by atoms with E-state index in [-0.39, 0.29) is 27.3 Å². The Morgan fingerprint density at radius 3 is 2.71 bits per heavy atom. The number of nitro groups is 1. The minimum atomic E-state index is -3.90. The van der Waals surface area contributed by atoms with Gasteiger partial charge >= 0.3 is 5.69 Å². The topological polar surface area (TPSA) is 140 Å². The highest BCUT2D eigenvalue weighted by atomic mass is 32.2. The minimum Gasteiger partial charge on any atom is -0.374 e. The second kappa shape index (κ2) is 5.75. The van der Waals surface area contributed by atoms with E-state index in [2.05, 4.69) is 20.2 Å². The van der Waals surface area contributed by atoms with E-state index in [1.807, 2.05) is 0 Å². The number of thiophene rings is 1. The number of anilines is 1. The predicted molar refractivity (Wildman–Crippen MR) is 73.6 cm³/mol. The van der Waals surface area contributed by atoms with Crippen LogP contribution in [0.2, 0.25) is 0 Å². The van der Waals surface area contributed by atoms with Crippen molar-refractivity contribution in [3.8, 4) is 0 Å². The Kier molecular flexibility index (Phi) is 4.20. The lowest BCUT2D eigenvalue weighted by Crippen LogP contribution is -2.22. The fourth-order valence-electron chi connectivity index (χ4n) is 1.45. The summed E-state index contributed by atoms with van der Waals surface area (Å²) >= 11 is 0.765. The molecule has 2 aromatic heterocycles. The van der Waals surface area contributed by atoms with Gasteiger partial charge in [0.05, 0.1) is 11.5 Å². The van der Waals surface area contributed by atoms with Crippen LogP contribution in [0, 0.1) is 17.0 Å². The lowest BCUT2D eigenvalue weighted by Gasteiger charge is -2.00. The third kappa shape index (κ3) is 3.34. The molecule has 0 bridgehead atoms. The molecule has 2 N–H and O–H groups in total. The van der Waals surface area contributed by atoms with E-state index < -0.39 is 14.9 Å². The third-order valence-electron chi connectivity index (χ3n) is 2.36. The molecule has 0 aromatic carbocycles. The normalized spacial score (nSPS) is 11.5. The molecule has 0 amide bonds. The van der Waals surface area contributed by atoms with Crippen LogP contribution in [0.15, 0.2) is 14.8 Å². The Morgan fingerprint density at radius 2 is 2.24 bits per heavy atom. The first-order chi connectivity index (χ1) is 9.83. The zero-order valence-corrected chi connectivity index (χ0v) is 12.6. The summed E-state index contributed by atoms with van der Waals surface area (Å²) in [5, 5.41) is 17.1. The number of nitrogens with zero attached hydrogens (tertiary/aromatic N) is 3. The molecule has 12 heteroatoms. The molecule has 0 aliphatic carbocycles. The average molecular weight is 333 g/mol. The molecule has 0 spiro atoms. The summed E-state index contributed by atoms with van der Waals surface area (Å²) in [5.41, 5.74) is -0.295. The second-order valence-corrected chi connectivity index (χ2v) is 6.89. The molecule has 0 aliphatic rings. The Morgan fingerprint density at radius 1 is 1.52 bits per heavy atom. The number of hydrogen-bond donors (Lipinski definition) is 2. The fraction of sp³-hybridized carbons (Fsp3) is 0.333. The first-order valence-corrected chi connectivity index (χ1v) is 7.88. The van der Waals surface area contributed by atoms with Crippen LogP contribution < -0.4 is 10.0 Å². The van der Waals surface area contributed by atoms with Gasteiger partial charge < -0.3 is 9.84 Å². The molecule has 0 atom stereocenters. The molecule has 2 aromatic rings. The highest BCUT2D eigenvalue weighted by Crippen LogP contribution is 2.36. The lowest BCUT2D eigenvalue weighted by molar-refractivity contribution is -0.383. The molecule has 0 radical (unpaired) electrons. The van der Waals surface area contributed by atoms with Crippen molar-refractivity contribution in [1.82, 2.24) is 14.9 Å². The zero-order valence-electron chi connectivity index (χ0n) is 11.0. The van der Waals surface area contributed by atoms with Crippen molar-refractivity contribution in [3.63, 3.8) is 0 Å². The van der Waals surface area contributed by atoms with E-state index in [0.717, 1.165) is 17.4 Å². The van der Waals surface area contributed by atoms with Crippen LogP contribution >= 0.6 is 11.3 Å². The summed E-state index contributed by atoms with van der Waals surface area (Å²) in [7, 11) is -2.42. The van der Waals surface area contributed by atoms with Gasteiger partial charge in [0.25, 0.3) is 10.0 Å². The number of hydrogen-bond acceptors (Lipinski definition) is 9. The summed E-state index contributed by atoms with van der Waals surface area (Å²) in [5.74, 6) is 0.490. The van der Waals surface area contributed by atoms with E-state index in [0.29, 0.717) is 5.82 Å². The van der Waals surface area contributed by atoms with Crippen LogP contribution in [0.4, 0.5) is 10.7 Å². The van der Waals surface area contributed by atoms with Crippen molar-refractivity contribution >= 4 is 32.0 Å². The maximum Gasteiger partial charge on any atom is 0.304 e. The molecule has 0 unspecified atom stereocenters. The van der Waals surface area contributed by atoms with Crippen molar-refractivity contribution in [2.24, 2.45) is 0 Å². The summed E-state index contributed by atoms with van der Waals surface area (Å²) < 4.78 is 31.0. The van der Waals surface area contributed by atoms with Gasteiger partial charge in [-0.25, -0.2) is 13.1 Å². The molecule has 2 rings (SSSR count). The van der Waals surface area contributed by atoms with Crippen LogP contribution in [0.25, 0.3) is 0 Å². The molecule has 10 nitrogen and oxygen atoms in total. The Hall–Kier alpha value is -2.05. The van der Waals surface area contributed by atoms with Gasteiger partial charge in [0.2, 0.25) is 5.89 Å². The SMILES string of the molecule is CNc1sc(S(=O)(=O)NCc2nc(C)no2)cc1[N+](=O)[O-]. The van der Waals surface area contributed by atoms with Gasteiger partial charge in [0, 0.05) is 13.1 Å². The van der Waals surface area contributed by atoms with Crippen molar-refractivity contribution in [1.29, 1.82) is 0 Å². The van der Waals surface area contributed by atoms with E-state index in [1.54, 1.807) is 6.92 Å². The predicted octanol–water partition coefficient (Wildman–Crippen LogP) is 0.868. The van der Waals surface area contributed by atoms with Crippen molar-refractivity contribution in [2.45, 2.75) is 17.7 Å². The first-order valence-electron chi connectivity index (χ1n) is 5.58. The number of aromatic nitrogens is 2. The maximum absolute atomic E-state index is 12.1. The van der Waals surface area contributed by atoms with Gasteiger partial charge in [0.1, 0.15) is 4.21 Å². The Labute approximate surface area is 123 Å². The van der Waals surface area contributed by atoms with Crippen LogP contribution in [-0.2, 0) is 16.6 Å². The number of nitrogens with one attached hydrogen (secondary N) is 2. The molecule has 0 saturated heterocycles. The smallest absolute Gasteiger partial charge is 0.304 e. The van der Waals surface area contributed by atoms with Crippen molar-refractivity contribution in [2.75, 3.05) is 12.4 Å². The number of aryl methyl sites for hydroxylation is 1. The molecule has 21 heavy (non-hydrogen) atoms. The van der Waals surface area contributed by atoms with Gasteiger partial charge in [-0.15, -0.1) is 0 Å². The van der Waals surface area contributed by atoms with Crippen LogP contribution in [0.3, 0.4) is 0 Å². The fourth-order valence-corrected chi connectivity index (χ4v) is 3.75. The number of rotatable bonds is 6. The van der Waals surface area contributed by atoms with Crippen molar-refractivity contribution in [3.05, 3.63) is 27.9 Å². The largest absolute Gasteiger partial charge is 0.374 e. The average Bonchev–Trinajstić information content (AvgIpc) is 3.02. The van der Waals surface area contributed by atoms with Gasteiger partial charge in [-0.2, -0.15) is 4.98 Å². The van der Waals surface area contributed by atoms with Crippen LogP contribution in [0.1, 0.15) is 11.7 Å². The highest BCUT2D eigenvalue weighted by molar-refractivity contribution is 7.91. The molecular weight excluding hydrogens is 322 g/mol. The summed E-state index contributed by atoms with van der Waals surface area (Å²) in [6, 6.07) is 0.998. The lowest BCUT2D eigenvalue weighted by atomic mass is 10.5. The molecule has 2 heterocycles. The summed E-state index contributed by atoms with van der Waals surface area (Å²) in [6.45, 7) is 1.41. The second-order valence-electron chi connectivity index (χ2n) is 3.85. The van der Waals surface area contributed by atoms with Gasteiger partial charge in [-0.1, -0.05) is 16.5 Å². The molecule has 0 aliphatic heterocycles. The van der Waals surface area contributed by atoms with Gasteiger partial charge in [-0.3, -0.25) is 10.1 Å². The van der Waals surface area contributed by atoms with Crippen LogP contribution in [0.5, 0.6) is 0 Å². The van der Waals surface area contributed by atoms with E-state index >= 15 is 0 Å². The highest BCUT2D eigenvalue weighted by Gasteiger charge is 2.25. The quantitative estimate of drug-likeness (QED) is 0.586. The summed E-state index contributed by atoms with van der Waals surface area (Å²) in [6.07, 6.45) is 0. The Bertz CT molecular complexity index is 765. The molecule has 114 valence electrons. The standard InChI is InChI=1S/C9H11N5O5S2/c1-5-12-7(19-13-5)4-11-21(17,18)8-3-6(14(15)16)9(10-2)20-8/h3,10-11H,4H2,1-2H3. The van der Waals surface area contributed by atoms with Crippen LogP contribution in [-0.4, -0.2) is 30.5 Å². The summed E-state index contributed by atoms with van der Waals surface area (Å²) in [4.78, 5) is 14.0.